The van der Waals surface area contributed by atoms with Gasteiger partial charge >= 0.3 is 12.0 Å². The SMILES string of the molecule is CC(C)CCN(C(=O)N1CCCCC1(C)C(=O)O)C1CC1. The van der Waals surface area contributed by atoms with Crippen molar-refractivity contribution < 1.29 is 14.7 Å². The molecule has 2 rings (SSSR count). The molecule has 21 heavy (non-hydrogen) atoms. The Morgan fingerprint density at radius 1 is 1.33 bits per heavy atom. The molecule has 1 unspecified atom stereocenters. The van der Waals surface area contributed by atoms with Crippen LogP contribution in [-0.4, -0.2) is 51.6 Å². The lowest BCUT2D eigenvalue weighted by Gasteiger charge is -2.44. The Morgan fingerprint density at radius 2 is 2.00 bits per heavy atom. The van der Waals surface area contributed by atoms with Crippen LogP contribution in [0, 0.1) is 5.92 Å². The van der Waals surface area contributed by atoms with Crippen LogP contribution in [0.5, 0.6) is 0 Å². The van der Waals surface area contributed by atoms with Gasteiger partial charge in [0.15, 0.2) is 0 Å². The number of carbonyl (C=O) groups is 2. The van der Waals surface area contributed by atoms with Gasteiger partial charge in [-0.2, -0.15) is 0 Å². The summed E-state index contributed by atoms with van der Waals surface area (Å²) >= 11 is 0. The molecule has 2 fully saturated rings. The molecule has 0 aromatic carbocycles. The first kappa shape index (κ1) is 16.1. The molecule has 1 aliphatic heterocycles. The minimum absolute atomic E-state index is 0.0669. The summed E-state index contributed by atoms with van der Waals surface area (Å²) in [6.45, 7) is 7.30. The van der Waals surface area contributed by atoms with Crippen LogP contribution in [0.3, 0.4) is 0 Å². The number of likely N-dealkylation sites (tertiary alicyclic amines) is 1. The van der Waals surface area contributed by atoms with E-state index in [0.29, 0.717) is 24.9 Å². The highest BCUT2D eigenvalue weighted by Crippen LogP contribution is 2.33. The average Bonchev–Trinajstić information content (AvgIpc) is 3.23. The largest absolute Gasteiger partial charge is 0.480 e. The van der Waals surface area contributed by atoms with Gasteiger partial charge in [-0.25, -0.2) is 9.59 Å². The lowest BCUT2D eigenvalue weighted by molar-refractivity contribution is -0.150. The Bertz CT molecular complexity index is 406. The minimum atomic E-state index is -1.04. The van der Waals surface area contributed by atoms with E-state index in [4.69, 9.17) is 0 Å². The number of urea groups is 1. The molecule has 0 aromatic heterocycles. The third kappa shape index (κ3) is 3.50. The van der Waals surface area contributed by atoms with Crippen LogP contribution in [0.15, 0.2) is 0 Å². The molecule has 1 atom stereocenters. The fraction of sp³-hybridized carbons (Fsp3) is 0.875. The van der Waals surface area contributed by atoms with Gasteiger partial charge in [0.05, 0.1) is 0 Å². The maximum Gasteiger partial charge on any atom is 0.329 e. The molecule has 120 valence electrons. The molecule has 5 heteroatoms. The van der Waals surface area contributed by atoms with Crippen LogP contribution in [0.4, 0.5) is 4.79 Å². The van der Waals surface area contributed by atoms with Gasteiger partial charge in [0, 0.05) is 19.1 Å². The molecule has 1 saturated carbocycles. The van der Waals surface area contributed by atoms with Gasteiger partial charge in [-0.05, 0) is 51.4 Å². The molecule has 5 nitrogen and oxygen atoms in total. The number of amides is 2. The van der Waals surface area contributed by atoms with Crippen molar-refractivity contribution in [3.63, 3.8) is 0 Å². The molecular formula is C16H28N2O3. The Balaban J connectivity index is 2.12. The number of nitrogens with zero attached hydrogens (tertiary/aromatic N) is 2. The van der Waals surface area contributed by atoms with E-state index in [2.05, 4.69) is 13.8 Å². The number of carboxylic acid groups (broad SMARTS) is 1. The molecule has 0 bridgehead atoms. The highest BCUT2D eigenvalue weighted by atomic mass is 16.4. The third-order valence-corrected chi connectivity index (χ3v) is 4.76. The molecule has 0 aromatic rings. The van der Waals surface area contributed by atoms with Crippen molar-refractivity contribution >= 4 is 12.0 Å². The fourth-order valence-electron chi connectivity index (χ4n) is 3.02. The first-order valence-electron chi connectivity index (χ1n) is 8.18. The topological polar surface area (TPSA) is 60.9 Å². The summed E-state index contributed by atoms with van der Waals surface area (Å²) in [6, 6.07) is 0.263. The zero-order valence-corrected chi connectivity index (χ0v) is 13.5. The second-order valence-corrected chi connectivity index (χ2v) is 7.08. The van der Waals surface area contributed by atoms with E-state index in [1.54, 1.807) is 11.8 Å². The normalized spacial score (nSPS) is 26.0. The van der Waals surface area contributed by atoms with E-state index < -0.39 is 11.5 Å². The van der Waals surface area contributed by atoms with Crippen molar-refractivity contribution in [2.75, 3.05) is 13.1 Å². The standard InChI is InChI=1S/C16H28N2O3/c1-12(2)8-11-17(13-6-7-13)15(21)18-10-5-4-9-16(18,3)14(19)20/h12-13H,4-11H2,1-3H3,(H,19,20). The van der Waals surface area contributed by atoms with Crippen molar-refractivity contribution in [2.24, 2.45) is 5.92 Å². The van der Waals surface area contributed by atoms with Crippen LogP contribution in [0.25, 0.3) is 0 Å². The summed E-state index contributed by atoms with van der Waals surface area (Å²) < 4.78 is 0. The predicted molar refractivity (Wildman–Crippen MR) is 81.2 cm³/mol. The highest BCUT2D eigenvalue weighted by Gasteiger charge is 2.47. The van der Waals surface area contributed by atoms with E-state index in [-0.39, 0.29) is 6.03 Å². The maximum atomic E-state index is 12.9. The molecule has 1 heterocycles. The molecule has 0 spiro atoms. The number of aliphatic carboxylic acids is 1. The summed E-state index contributed by atoms with van der Waals surface area (Å²) in [5.74, 6) is -0.332. The summed E-state index contributed by atoms with van der Waals surface area (Å²) in [5.41, 5.74) is -1.04. The van der Waals surface area contributed by atoms with Gasteiger partial charge in [-0.15, -0.1) is 0 Å². The number of piperidine rings is 1. The average molecular weight is 296 g/mol. The number of carboxylic acids is 1. The number of carbonyl (C=O) groups excluding carboxylic acids is 1. The number of hydrogen-bond acceptors (Lipinski definition) is 2. The number of hydrogen-bond donors (Lipinski definition) is 1. The summed E-state index contributed by atoms with van der Waals surface area (Å²) in [4.78, 5) is 28.1. The molecule has 1 aliphatic carbocycles. The van der Waals surface area contributed by atoms with E-state index in [1.165, 1.54) is 0 Å². The van der Waals surface area contributed by atoms with Gasteiger partial charge in [-0.3, -0.25) is 0 Å². The Morgan fingerprint density at radius 3 is 2.52 bits per heavy atom. The van der Waals surface area contributed by atoms with Crippen LogP contribution in [-0.2, 0) is 4.79 Å². The van der Waals surface area contributed by atoms with Gasteiger partial charge in [0.2, 0.25) is 0 Å². The van der Waals surface area contributed by atoms with Crippen LogP contribution < -0.4 is 0 Å². The molecule has 2 aliphatic rings. The molecular weight excluding hydrogens is 268 g/mol. The van der Waals surface area contributed by atoms with Crippen molar-refractivity contribution in [1.82, 2.24) is 9.80 Å². The Kier molecular flexibility index (Phi) is 4.79. The molecule has 0 radical (unpaired) electrons. The second kappa shape index (κ2) is 6.24. The summed E-state index contributed by atoms with van der Waals surface area (Å²) in [7, 11) is 0. The fourth-order valence-corrected chi connectivity index (χ4v) is 3.02. The van der Waals surface area contributed by atoms with Gasteiger partial charge < -0.3 is 14.9 Å². The second-order valence-electron chi connectivity index (χ2n) is 7.08. The quantitative estimate of drug-likeness (QED) is 0.848. The van der Waals surface area contributed by atoms with Gasteiger partial charge in [0.25, 0.3) is 0 Å². The van der Waals surface area contributed by atoms with Crippen molar-refractivity contribution in [3.05, 3.63) is 0 Å². The van der Waals surface area contributed by atoms with E-state index in [0.717, 1.165) is 38.6 Å². The highest BCUT2D eigenvalue weighted by molar-refractivity contribution is 5.86. The predicted octanol–water partition coefficient (Wildman–Crippen LogP) is 2.95. The van der Waals surface area contributed by atoms with Gasteiger partial charge in [0.1, 0.15) is 5.54 Å². The smallest absolute Gasteiger partial charge is 0.329 e. The molecule has 2 amide bonds. The maximum absolute atomic E-state index is 12.9. The van der Waals surface area contributed by atoms with Crippen LogP contribution >= 0.6 is 0 Å². The number of rotatable bonds is 5. The van der Waals surface area contributed by atoms with Crippen molar-refractivity contribution in [1.29, 1.82) is 0 Å². The van der Waals surface area contributed by atoms with Crippen molar-refractivity contribution in [2.45, 2.75) is 70.9 Å². The zero-order valence-electron chi connectivity index (χ0n) is 13.5. The van der Waals surface area contributed by atoms with Crippen LogP contribution in [0.1, 0.15) is 59.3 Å². The minimum Gasteiger partial charge on any atom is -0.480 e. The van der Waals surface area contributed by atoms with Crippen LogP contribution in [0.2, 0.25) is 0 Å². The third-order valence-electron chi connectivity index (χ3n) is 4.76. The lowest BCUT2D eigenvalue weighted by Crippen LogP contribution is -2.61. The Hall–Kier alpha value is -1.26. The zero-order chi connectivity index (χ0) is 15.6. The Labute approximate surface area is 127 Å². The molecule has 1 saturated heterocycles. The summed E-state index contributed by atoms with van der Waals surface area (Å²) in [6.07, 6.45) is 5.42. The van der Waals surface area contributed by atoms with E-state index in [1.807, 2.05) is 4.90 Å². The monoisotopic (exact) mass is 296 g/mol. The van der Waals surface area contributed by atoms with Gasteiger partial charge in [-0.1, -0.05) is 13.8 Å². The van der Waals surface area contributed by atoms with E-state index >= 15 is 0 Å². The first-order valence-corrected chi connectivity index (χ1v) is 8.18. The first-order chi connectivity index (χ1) is 9.86. The van der Waals surface area contributed by atoms with Crippen molar-refractivity contribution in [3.8, 4) is 0 Å². The lowest BCUT2D eigenvalue weighted by atomic mass is 9.89. The summed E-state index contributed by atoms with van der Waals surface area (Å²) in [5, 5.41) is 9.56. The molecule has 1 N–H and O–H groups in total. The van der Waals surface area contributed by atoms with E-state index in [9.17, 15) is 14.7 Å².